The number of ether oxygens (including phenoxy) is 1. The third-order valence-corrected chi connectivity index (χ3v) is 9.98. The van der Waals surface area contributed by atoms with E-state index in [0.29, 0.717) is 12.1 Å². The minimum Gasteiger partial charge on any atom is -0.502 e. The molecule has 0 bridgehead atoms. The number of aromatic nitrogens is 1. The van der Waals surface area contributed by atoms with E-state index in [-0.39, 0.29) is 12.0 Å². The topological polar surface area (TPSA) is 48.7 Å². The molecule has 6 nitrogen and oxygen atoms in total. The number of hydrogen-bond acceptors (Lipinski definition) is 4. The van der Waals surface area contributed by atoms with Crippen LogP contribution in [0.4, 0.5) is 17.1 Å². The van der Waals surface area contributed by atoms with Crippen LogP contribution in [0.25, 0.3) is 0 Å². The van der Waals surface area contributed by atoms with Crippen LogP contribution in [-0.4, -0.2) is 29.7 Å². The van der Waals surface area contributed by atoms with Crippen LogP contribution in [0.15, 0.2) is 73.1 Å². The van der Waals surface area contributed by atoms with Gasteiger partial charge >= 0.3 is 162 Å². The molecule has 1 aliphatic rings. The van der Waals surface area contributed by atoms with Gasteiger partial charge in [-0.15, -0.1) is 0 Å². The number of rotatable bonds is 10. The predicted octanol–water partition coefficient (Wildman–Crippen LogP) is 9.24. The average molecular weight is 791 g/mol. The number of halogens is 2. The van der Waals surface area contributed by atoms with Gasteiger partial charge in [0, 0.05) is 24.5 Å². The Morgan fingerprint density at radius 2 is 1.41 bits per heavy atom. The van der Waals surface area contributed by atoms with Gasteiger partial charge in [0.05, 0.1) is 0 Å². The van der Waals surface area contributed by atoms with Gasteiger partial charge in [0.15, 0.2) is 0 Å². The number of pyridine rings is 1. The fourth-order valence-corrected chi connectivity index (χ4v) is 8.25. The van der Waals surface area contributed by atoms with Crippen LogP contribution in [0, 0.1) is 48.2 Å². The second-order valence-corrected chi connectivity index (χ2v) is 18.7. The Balaban J connectivity index is 0.000000222. The number of aryl methyl sites for hydroxylation is 7. The summed E-state index contributed by atoms with van der Waals surface area (Å²) in [4.78, 5) is 17.0. The van der Waals surface area contributed by atoms with Crippen molar-refractivity contribution in [3.63, 3.8) is 0 Å². The molecule has 0 saturated carbocycles. The zero-order valence-corrected chi connectivity index (χ0v) is 33.2. The third-order valence-electron chi connectivity index (χ3n) is 8.15. The standard InChI is InChI=1S/C21H27N2.C19H22N2O2.2ClH.Ru/c1-14-9-16(3)20(17(4)10-14)22-7-8-23(13-22)21-18(5)11-15(2)12-19(21)6;1-15(2)23-18-10-9-17(14-16(18)3)20-19(22)8-7-13-21-11-5-4-6-12-21;;;/h9-13H,7-8H2,1-6H3;3-6,9-12,14-15H,7-8,13H2,1-2H3;2*1H;/q-1;;;;+2/p-1. The summed E-state index contributed by atoms with van der Waals surface area (Å²) < 4.78 is 9.67. The molecular weight excluding hydrogens is 740 g/mol. The SMILES string of the molecule is CC(C)Oc1ccc(NC(=O)CCC[n+]2ccccc2)cc1[CH]=[Ru]([Cl])[Cl].Cc1cc(C)c(N2[CH-]N(c3c(C)cc(C)cc3C)CC2)c(C)c1. The van der Waals surface area contributed by atoms with Crippen molar-refractivity contribution >= 4 is 47.0 Å². The maximum Gasteiger partial charge on any atom is 0.0146 e. The summed E-state index contributed by atoms with van der Waals surface area (Å²) in [7, 11) is 12.0. The van der Waals surface area contributed by atoms with Gasteiger partial charge < -0.3 is 9.80 Å². The van der Waals surface area contributed by atoms with Gasteiger partial charge in [0.2, 0.25) is 0 Å². The van der Waals surface area contributed by atoms with Gasteiger partial charge in [-0.05, 0) is 63.8 Å². The Morgan fingerprint density at radius 3 is 1.90 bits per heavy atom. The second-order valence-electron chi connectivity index (χ2n) is 13.0. The Bertz CT molecular complexity index is 1660. The quantitative estimate of drug-likeness (QED) is 0.0990. The van der Waals surface area contributed by atoms with Gasteiger partial charge in [-0.1, -0.05) is 41.5 Å². The number of amides is 1. The molecule has 5 rings (SSSR count). The predicted molar refractivity (Wildman–Crippen MR) is 204 cm³/mol. The van der Waals surface area contributed by atoms with Gasteiger partial charge in [0.1, 0.15) is 0 Å². The largest absolute Gasteiger partial charge is 0.502 e. The molecule has 9 heteroatoms. The van der Waals surface area contributed by atoms with Crippen molar-refractivity contribution in [2.45, 2.75) is 80.9 Å². The summed E-state index contributed by atoms with van der Waals surface area (Å²) >= 11 is -2.00. The zero-order valence-electron chi connectivity index (χ0n) is 30.0. The van der Waals surface area contributed by atoms with Crippen LogP contribution in [0.1, 0.15) is 65.6 Å². The molecule has 1 amide bonds. The van der Waals surface area contributed by atoms with E-state index in [1.165, 1.54) is 44.8 Å². The molecular formula is C40H50Cl2N4O2Ru. The first-order valence-electron chi connectivity index (χ1n) is 16.7. The number of benzene rings is 3. The van der Waals surface area contributed by atoms with Crippen LogP contribution in [0.2, 0.25) is 0 Å². The summed E-state index contributed by atoms with van der Waals surface area (Å²) in [5.74, 6) is 0.703. The van der Waals surface area contributed by atoms with Crippen LogP contribution in [-0.2, 0) is 24.9 Å². The number of anilines is 3. The van der Waals surface area contributed by atoms with E-state index in [1.807, 2.05) is 67.2 Å². The average Bonchev–Trinajstić information content (AvgIpc) is 3.46. The number of hydrogen-bond donors (Lipinski definition) is 1. The molecule has 4 aromatic rings. The number of nitrogens with one attached hydrogen (secondary N) is 1. The second kappa shape index (κ2) is 18.1. The van der Waals surface area contributed by atoms with Crippen molar-refractivity contribution < 1.29 is 27.6 Å². The molecule has 1 fully saturated rings. The molecule has 1 saturated heterocycles. The smallest absolute Gasteiger partial charge is 0.0146 e. The molecule has 0 atom stereocenters. The minimum absolute atomic E-state index is 0.0176. The van der Waals surface area contributed by atoms with Crippen LogP contribution in [0.3, 0.4) is 0 Å². The molecule has 1 aliphatic heterocycles. The summed E-state index contributed by atoms with van der Waals surface area (Å²) in [5.41, 5.74) is 12.4. The van der Waals surface area contributed by atoms with E-state index in [9.17, 15) is 4.79 Å². The molecule has 1 N–H and O–H groups in total. The summed E-state index contributed by atoms with van der Waals surface area (Å²) in [6, 6.07) is 20.6. The maximum absolute atomic E-state index is 12.2. The van der Waals surface area contributed by atoms with E-state index in [2.05, 4.69) is 92.2 Å². The number of nitrogens with zero attached hydrogens (tertiary/aromatic N) is 3. The van der Waals surface area contributed by atoms with Crippen LogP contribution >= 0.6 is 19.4 Å². The Labute approximate surface area is 306 Å². The molecule has 3 aromatic carbocycles. The third kappa shape index (κ3) is 11.4. The molecule has 0 spiro atoms. The number of carbonyl (C=O) groups excluding carboxylic acids is 1. The first kappa shape index (κ1) is 38.6. The molecule has 0 aliphatic carbocycles. The van der Waals surface area contributed by atoms with E-state index < -0.39 is 13.5 Å². The molecule has 264 valence electrons. The Morgan fingerprint density at radius 1 is 0.878 bits per heavy atom. The Hall–Kier alpha value is -3.25. The van der Waals surface area contributed by atoms with E-state index in [1.54, 1.807) is 0 Å². The molecule has 2 heterocycles. The normalized spacial score (nSPS) is 12.8. The van der Waals surface area contributed by atoms with Gasteiger partial charge in [-0.3, -0.25) is 0 Å². The van der Waals surface area contributed by atoms with Crippen LogP contribution in [0.5, 0.6) is 5.75 Å². The monoisotopic (exact) mass is 790 g/mol. The Kier molecular flexibility index (Phi) is 14.3. The van der Waals surface area contributed by atoms with Crippen LogP contribution < -0.4 is 24.4 Å². The fraction of sp³-hybridized carbons (Fsp3) is 0.350. The molecule has 1 aromatic heterocycles. The van der Waals surface area contributed by atoms with E-state index in [0.717, 1.165) is 37.4 Å². The number of carbonyl (C=O) groups is 1. The summed E-state index contributed by atoms with van der Waals surface area (Å²) in [6.07, 6.45) is 5.25. The zero-order chi connectivity index (χ0) is 35.7. The van der Waals surface area contributed by atoms with E-state index in [4.69, 9.17) is 24.1 Å². The molecule has 49 heavy (non-hydrogen) atoms. The first-order chi connectivity index (χ1) is 23.3. The fourth-order valence-electron chi connectivity index (χ4n) is 6.47. The van der Waals surface area contributed by atoms with Gasteiger partial charge in [-0.25, -0.2) is 0 Å². The van der Waals surface area contributed by atoms with Crippen molar-refractivity contribution in [2.24, 2.45) is 0 Å². The van der Waals surface area contributed by atoms with Crippen molar-refractivity contribution in [1.29, 1.82) is 0 Å². The molecule has 0 radical (unpaired) electrons. The minimum atomic E-state index is -2.00. The van der Waals surface area contributed by atoms with Gasteiger partial charge in [-0.2, -0.15) is 6.67 Å². The van der Waals surface area contributed by atoms with Crippen molar-refractivity contribution in [1.82, 2.24) is 0 Å². The van der Waals surface area contributed by atoms with Crippen molar-refractivity contribution in [2.75, 3.05) is 28.2 Å². The van der Waals surface area contributed by atoms with Crippen molar-refractivity contribution in [3.8, 4) is 5.75 Å². The van der Waals surface area contributed by atoms with Gasteiger partial charge in [0.25, 0.3) is 0 Å². The summed E-state index contributed by atoms with van der Waals surface area (Å²) in [5, 5.41) is 2.93. The summed E-state index contributed by atoms with van der Waals surface area (Å²) in [6.45, 7) is 22.3. The van der Waals surface area contributed by atoms with Crippen molar-refractivity contribution in [3.05, 3.63) is 119 Å². The first-order valence-corrected chi connectivity index (χ1v) is 22.2. The maximum atomic E-state index is 12.2. The van der Waals surface area contributed by atoms with E-state index >= 15 is 0 Å². The molecule has 0 unspecified atom stereocenters.